The topological polar surface area (TPSA) is 41.1 Å². The molecule has 100 valence electrons. The highest BCUT2D eigenvalue weighted by Gasteiger charge is 2.13. The van der Waals surface area contributed by atoms with Crippen LogP contribution < -0.4 is 10.6 Å². The van der Waals surface area contributed by atoms with Crippen molar-refractivity contribution in [3.63, 3.8) is 0 Å². The maximum atomic E-state index is 11.9. The zero-order chi connectivity index (χ0) is 13.7. The van der Waals surface area contributed by atoms with Crippen molar-refractivity contribution in [2.24, 2.45) is 5.92 Å². The molecular formula is C14H21IN2O. The van der Waals surface area contributed by atoms with Crippen molar-refractivity contribution in [2.45, 2.75) is 33.7 Å². The van der Waals surface area contributed by atoms with E-state index >= 15 is 0 Å². The molecule has 1 aromatic rings. The molecule has 1 amide bonds. The van der Waals surface area contributed by atoms with Crippen molar-refractivity contribution in [3.05, 3.63) is 27.3 Å². The number of rotatable bonds is 5. The van der Waals surface area contributed by atoms with Crippen LogP contribution in [-0.2, 0) is 4.79 Å². The van der Waals surface area contributed by atoms with E-state index in [1.54, 1.807) is 0 Å². The normalized spacial score (nSPS) is 12.3. The first-order valence-corrected chi connectivity index (χ1v) is 7.29. The van der Waals surface area contributed by atoms with E-state index in [2.05, 4.69) is 60.1 Å². The summed E-state index contributed by atoms with van der Waals surface area (Å²) in [5, 5.41) is 6.19. The fraction of sp³-hybridized carbons (Fsp3) is 0.500. The van der Waals surface area contributed by atoms with Crippen LogP contribution in [0.2, 0.25) is 0 Å². The molecule has 0 saturated carbocycles. The Balaban J connectivity index is 2.61. The number of halogens is 1. The first-order valence-electron chi connectivity index (χ1n) is 6.21. The first kappa shape index (κ1) is 15.3. The van der Waals surface area contributed by atoms with Crippen LogP contribution in [0, 0.1) is 16.4 Å². The molecule has 0 aliphatic carbocycles. The van der Waals surface area contributed by atoms with Gasteiger partial charge in [-0.25, -0.2) is 0 Å². The minimum atomic E-state index is -0.222. The Bertz CT molecular complexity index is 418. The monoisotopic (exact) mass is 360 g/mol. The molecule has 18 heavy (non-hydrogen) atoms. The standard InChI is InChI=1S/C14H21IN2O/c1-9(2)8-16-14(18)11(4)17-13-7-5-6-12(15)10(13)3/h5-7,9,11,17H,8H2,1-4H3,(H,16,18). The van der Waals surface area contributed by atoms with E-state index < -0.39 is 0 Å². The van der Waals surface area contributed by atoms with E-state index in [4.69, 9.17) is 0 Å². The molecule has 0 aromatic heterocycles. The molecule has 1 rings (SSSR count). The van der Waals surface area contributed by atoms with Crippen LogP contribution in [0.15, 0.2) is 18.2 Å². The third-order valence-corrected chi connectivity index (χ3v) is 3.89. The van der Waals surface area contributed by atoms with Gasteiger partial charge in [0.25, 0.3) is 0 Å². The van der Waals surface area contributed by atoms with Gasteiger partial charge in [-0.2, -0.15) is 0 Å². The number of amides is 1. The molecule has 4 heteroatoms. The van der Waals surface area contributed by atoms with Crippen molar-refractivity contribution < 1.29 is 4.79 Å². The van der Waals surface area contributed by atoms with Crippen molar-refractivity contribution in [1.82, 2.24) is 5.32 Å². The second kappa shape index (κ2) is 6.97. The van der Waals surface area contributed by atoms with Gasteiger partial charge in [-0.15, -0.1) is 0 Å². The van der Waals surface area contributed by atoms with Gasteiger partial charge in [-0.1, -0.05) is 19.9 Å². The lowest BCUT2D eigenvalue weighted by atomic mass is 10.1. The lowest BCUT2D eigenvalue weighted by Crippen LogP contribution is -2.39. The molecule has 0 fully saturated rings. The minimum absolute atomic E-state index is 0.0435. The maximum Gasteiger partial charge on any atom is 0.242 e. The number of carbonyl (C=O) groups is 1. The Labute approximate surface area is 123 Å². The minimum Gasteiger partial charge on any atom is -0.374 e. The summed E-state index contributed by atoms with van der Waals surface area (Å²) in [7, 11) is 0. The second-order valence-corrected chi connectivity index (χ2v) is 6.08. The van der Waals surface area contributed by atoms with E-state index in [9.17, 15) is 4.79 Å². The summed E-state index contributed by atoms with van der Waals surface area (Å²) < 4.78 is 1.20. The smallest absolute Gasteiger partial charge is 0.242 e. The summed E-state index contributed by atoms with van der Waals surface area (Å²) >= 11 is 2.30. The predicted molar refractivity (Wildman–Crippen MR) is 84.8 cm³/mol. The Morgan fingerprint density at radius 2 is 2.00 bits per heavy atom. The molecule has 1 aromatic carbocycles. The Kier molecular flexibility index (Phi) is 5.91. The predicted octanol–water partition coefficient (Wildman–Crippen LogP) is 3.17. The lowest BCUT2D eigenvalue weighted by molar-refractivity contribution is -0.121. The Hall–Kier alpha value is -0.780. The summed E-state index contributed by atoms with van der Waals surface area (Å²) in [6, 6.07) is 5.84. The molecule has 0 spiro atoms. The van der Waals surface area contributed by atoms with Gasteiger partial charge in [0.2, 0.25) is 5.91 Å². The van der Waals surface area contributed by atoms with Gasteiger partial charge in [0.1, 0.15) is 6.04 Å². The second-order valence-electron chi connectivity index (χ2n) is 4.92. The summed E-state index contributed by atoms with van der Waals surface area (Å²) in [6.07, 6.45) is 0. The first-order chi connectivity index (χ1) is 8.41. The lowest BCUT2D eigenvalue weighted by Gasteiger charge is -2.18. The van der Waals surface area contributed by atoms with Crippen LogP contribution in [0.3, 0.4) is 0 Å². The molecule has 1 unspecified atom stereocenters. The third-order valence-electron chi connectivity index (χ3n) is 2.72. The van der Waals surface area contributed by atoms with E-state index in [0.717, 1.165) is 12.2 Å². The van der Waals surface area contributed by atoms with Crippen molar-refractivity contribution >= 4 is 34.2 Å². The average Bonchev–Trinajstić information content (AvgIpc) is 2.31. The van der Waals surface area contributed by atoms with Gasteiger partial charge in [0.15, 0.2) is 0 Å². The number of nitrogens with one attached hydrogen (secondary N) is 2. The Morgan fingerprint density at radius 1 is 1.33 bits per heavy atom. The summed E-state index contributed by atoms with van der Waals surface area (Å²) in [5.41, 5.74) is 2.20. The fourth-order valence-corrected chi connectivity index (χ4v) is 2.02. The highest BCUT2D eigenvalue weighted by Crippen LogP contribution is 2.20. The quantitative estimate of drug-likeness (QED) is 0.792. The summed E-state index contributed by atoms with van der Waals surface area (Å²) in [4.78, 5) is 11.9. The number of hydrogen-bond acceptors (Lipinski definition) is 2. The third kappa shape index (κ3) is 4.48. The van der Waals surface area contributed by atoms with Gasteiger partial charge in [0, 0.05) is 15.8 Å². The van der Waals surface area contributed by atoms with Gasteiger partial charge < -0.3 is 10.6 Å². The molecule has 0 bridgehead atoms. The van der Waals surface area contributed by atoms with E-state index in [1.165, 1.54) is 9.13 Å². The van der Waals surface area contributed by atoms with Crippen molar-refractivity contribution in [2.75, 3.05) is 11.9 Å². The van der Waals surface area contributed by atoms with E-state index in [0.29, 0.717) is 5.92 Å². The van der Waals surface area contributed by atoms with Crippen LogP contribution in [0.4, 0.5) is 5.69 Å². The van der Waals surface area contributed by atoms with Gasteiger partial charge in [0.05, 0.1) is 0 Å². The summed E-state index contributed by atoms with van der Waals surface area (Å²) in [5.74, 6) is 0.516. The van der Waals surface area contributed by atoms with Crippen molar-refractivity contribution in [3.8, 4) is 0 Å². The number of hydrogen-bond donors (Lipinski definition) is 2. The highest BCUT2D eigenvalue weighted by atomic mass is 127. The molecule has 0 radical (unpaired) electrons. The Morgan fingerprint density at radius 3 is 2.61 bits per heavy atom. The molecule has 2 N–H and O–H groups in total. The molecule has 0 aliphatic rings. The largest absolute Gasteiger partial charge is 0.374 e. The SMILES string of the molecule is Cc1c(I)cccc1NC(C)C(=O)NCC(C)C. The van der Waals surface area contributed by atoms with Crippen LogP contribution in [0.25, 0.3) is 0 Å². The van der Waals surface area contributed by atoms with E-state index in [-0.39, 0.29) is 11.9 Å². The fourth-order valence-electron chi connectivity index (χ4n) is 1.52. The van der Waals surface area contributed by atoms with Crippen LogP contribution in [-0.4, -0.2) is 18.5 Å². The molecule has 0 aliphatic heterocycles. The number of benzene rings is 1. The van der Waals surface area contributed by atoms with Crippen LogP contribution >= 0.6 is 22.6 Å². The van der Waals surface area contributed by atoms with Gasteiger partial charge in [-0.05, 0) is 60.1 Å². The molecule has 3 nitrogen and oxygen atoms in total. The van der Waals surface area contributed by atoms with Gasteiger partial charge in [-0.3, -0.25) is 4.79 Å². The number of anilines is 1. The highest BCUT2D eigenvalue weighted by molar-refractivity contribution is 14.1. The van der Waals surface area contributed by atoms with Crippen LogP contribution in [0.5, 0.6) is 0 Å². The maximum absolute atomic E-state index is 11.9. The van der Waals surface area contributed by atoms with E-state index in [1.807, 2.05) is 19.1 Å². The molecule has 0 saturated heterocycles. The molecular weight excluding hydrogens is 339 g/mol. The summed E-state index contributed by atoms with van der Waals surface area (Å²) in [6.45, 7) is 8.83. The zero-order valence-corrected chi connectivity index (χ0v) is 13.5. The molecule has 0 heterocycles. The van der Waals surface area contributed by atoms with Crippen molar-refractivity contribution in [1.29, 1.82) is 0 Å². The number of carbonyl (C=O) groups excluding carboxylic acids is 1. The molecule has 1 atom stereocenters. The average molecular weight is 360 g/mol. The van der Waals surface area contributed by atoms with Crippen LogP contribution in [0.1, 0.15) is 26.3 Å². The zero-order valence-electron chi connectivity index (χ0n) is 11.4. The van der Waals surface area contributed by atoms with Gasteiger partial charge >= 0.3 is 0 Å².